The quantitative estimate of drug-likeness (QED) is 0.588. The highest BCUT2D eigenvalue weighted by Crippen LogP contribution is 2.58. The van der Waals surface area contributed by atoms with Crippen LogP contribution in [-0.2, 0) is 0 Å². The Morgan fingerprint density at radius 3 is 2.11 bits per heavy atom. The fourth-order valence-electron chi connectivity index (χ4n) is 1.65. The maximum absolute atomic E-state index is 3.67. The van der Waals surface area contributed by atoms with Crippen molar-refractivity contribution in [2.45, 2.75) is 38.4 Å². The van der Waals surface area contributed by atoms with Crippen molar-refractivity contribution in [1.82, 2.24) is 0 Å². The van der Waals surface area contributed by atoms with Gasteiger partial charge in [0.15, 0.2) is 0 Å². The largest absolute Gasteiger partial charge is 0.0884 e. The first-order chi connectivity index (χ1) is 4.13. The lowest BCUT2D eigenvalue weighted by Gasteiger charge is -2.17. The van der Waals surface area contributed by atoms with Crippen LogP contribution in [0.5, 0.6) is 0 Å². The number of hydrogen-bond donors (Lipinski definition) is 0. The van der Waals surface area contributed by atoms with E-state index in [2.05, 4.69) is 36.7 Å². The highest BCUT2D eigenvalue weighted by molar-refractivity contribution is 9.09. The number of rotatable bonds is 2. The Labute approximate surface area is 66.2 Å². The van der Waals surface area contributed by atoms with E-state index in [-0.39, 0.29) is 0 Å². The molecule has 1 rings (SSSR count). The second-order valence-electron chi connectivity index (χ2n) is 3.41. The predicted molar refractivity (Wildman–Crippen MR) is 44.9 cm³/mol. The van der Waals surface area contributed by atoms with Crippen molar-refractivity contribution in [1.29, 1.82) is 0 Å². The first-order valence-electron chi connectivity index (χ1n) is 3.77. The maximum atomic E-state index is 3.67. The van der Waals surface area contributed by atoms with Crippen LogP contribution in [0.3, 0.4) is 0 Å². The third-order valence-electron chi connectivity index (χ3n) is 2.83. The molecule has 0 amide bonds. The second-order valence-corrected chi connectivity index (χ2v) is 4.52. The van der Waals surface area contributed by atoms with E-state index in [1.165, 1.54) is 12.8 Å². The van der Waals surface area contributed by atoms with Crippen molar-refractivity contribution < 1.29 is 0 Å². The third-order valence-corrected chi connectivity index (χ3v) is 4.07. The fraction of sp³-hybridized carbons (Fsp3) is 1.00. The topological polar surface area (TPSA) is 0 Å². The lowest BCUT2D eigenvalue weighted by atomic mass is 9.90. The van der Waals surface area contributed by atoms with Crippen LogP contribution in [0, 0.1) is 11.3 Å². The molecule has 1 aliphatic carbocycles. The lowest BCUT2D eigenvalue weighted by molar-refractivity contribution is 0.351. The Hall–Kier alpha value is 0.480. The molecule has 0 aromatic rings. The predicted octanol–water partition coefficient (Wildman–Crippen LogP) is 3.21. The van der Waals surface area contributed by atoms with Gasteiger partial charge in [0, 0.05) is 4.83 Å². The molecule has 1 heteroatoms. The molecular formula is C8H15Br. The Kier molecular flexibility index (Phi) is 1.91. The number of alkyl halides is 1. The molecule has 0 aliphatic heterocycles. The third kappa shape index (κ3) is 1.04. The molecule has 0 radical (unpaired) electrons. The molecule has 1 aliphatic rings. The normalized spacial score (nSPS) is 41.7. The molecule has 0 saturated heterocycles. The van der Waals surface area contributed by atoms with Gasteiger partial charge in [-0.3, -0.25) is 0 Å². The van der Waals surface area contributed by atoms with E-state index < -0.39 is 0 Å². The Morgan fingerprint density at radius 1 is 1.67 bits per heavy atom. The van der Waals surface area contributed by atoms with Crippen LogP contribution in [0.25, 0.3) is 0 Å². The van der Waals surface area contributed by atoms with Crippen LogP contribution in [0.4, 0.5) is 0 Å². The first kappa shape index (κ1) is 7.59. The van der Waals surface area contributed by atoms with Gasteiger partial charge in [-0.25, -0.2) is 0 Å². The van der Waals surface area contributed by atoms with Gasteiger partial charge in [-0.2, -0.15) is 0 Å². The van der Waals surface area contributed by atoms with E-state index >= 15 is 0 Å². The summed E-state index contributed by atoms with van der Waals surface area (Å²) in [4.78, 5) is 0.815. The van der Waals surface area contributed by atoms with E-state index in [9.17, 15) is 0 Å². The highest BCUT2D eigenvalue weighted by atomic mass is 79.9. The molecule has 1 fully saturated rings. The molecule has 0 aromatic heterocycles. The molecular weight excluding hydrogens is 176 g/mol. The molecule has 0 heterocycles. The summed E-state index contributed by atoms with van der Waals surface area (Å²) in [6.07, 6.45) is 2.72. The summed E-state index contributed by atoms with van der Waals surface area (Å²) in [7, 11) is 0. The van der Waals surface area contributed by atoms with Crippen molar-refractivity contribution in [3.8, 4) is 0 Å². The van der Waals surface area contributed by atoms with Crippen LogP contribution in [0.15, 0.2) is 0 Å². The molecule has 0 aromatic carbocycles. The fourth-order valence-corrected chi connectivity index (χ4v) is 3.10. The zero-order valence-corrected chi connectivity index (χ0v) is 8.03. The van der Waals surface area contributed by atoms with Gasteiger partial charge >= 0.3 is 0 Å². The van der Waals surface area contributed by atoms with Crippen molar-refractivity contribution in [2.75, 3.05) is 0 Å². The molecule has 2 unspecified atom stereocenters. The summed E-state index contributed by atoms with van der Waals surface area (Å²) < 4.78 is 0. The van der Waals surface area contributed by atoms with Gasteiger partial charge in [0.2, 0.25) is 0 Å². The van der Waals surface area contributed by atoms with Gasteiger partial charge < -0.3 is 0 Å². The van der Waals surface area contributed by atoms with E-state index in [1.54, 1.807) is 0 Å². The highest BCUT2D eigenvalue weighted by Gasteiger charge is 2.52. The van der Waals surface area contributed by atoms with Crippen molar-refractivity contribution in [3.63, 3.8) is 0 Å². The molecule has 0 bridgehead atoms. The smallest absolute Gasteiger partial charge is 0.0210 e. The Balaban J connectivity index is 2.52. The van der Waals surface area contributed by atoms with E-state index in [0.717, 1.165) is 10.7 Å². The Morgan fingerprint density at radius 2 is 2.11 bits per heavy atom. The van der Waals surface area contributed by atoms with E-state index in [0.29, 0.717) is 5.41 Å². The summed E-state index contributed by atoms with van der Waals surface area (Å²) in [5.74, 6) is 0.854. The van der Waals surface area contributed by atoms with E-state index in [1.807, 2.05) is 0 Å². The molecule has 0 nitrogen and oxygen atoms in total. The molecule has 9 heavy (non-hydrogen) atoms. The monoisotopic (exact) mass is 190 g/mol. The van der Waals surface area contributed by atoms with Gasteiger partial charge in [-0.05, 0) is 24.2 Å². The standard InChI is InChI=1S/C8H15Br/c1-4-8(6(2)3)5-7(8)9/h6-7H,4-5H2,1-3H3. The first-order valence-corrected chi connectivity index (χ1v) is 4.69. The van der Waals surface area contributed by atoms with Crippen LogP contribution < -0.4 is 0 Å². The van der Waals surface area contributed by atoms with Crippen LogP contribution in [0.2, 0.25) is 0 Å². The summed E-state index contributed by atoms with van der Waals surface area (Å²) in [6.45, 7) is 6.94. The van der Waals surface area contributed by atoms with Crippen molar-refractivity contribution >= 4 is 15.9 Å². The number of halogens is 1. The molecule has 54 valence electrons. The average molecular weight is 191 g/mol. The summed E-state index contributed by atoms with van der Waals surface area (Å²) in [5, 5.41) is 0. The minimum Gasteiger partial charge on any atom is -0.0884 e. The van der Waals surface area contributed by atoms with Gasteiger partial charge in [-0.1, -0.05) is 36.7 Å². The second kappa shape index (κ2) is 2.26. The number of hydrogen-bond acceptors (Lipinski definition) is 0. The van der Waals surface area contributed by atoms with Crippen molar-refractivity contribution in [3.05, 3.63) is 0 Å². The summed E-state index contributed by atoms with van der Waals surface area (Å²) in [6, 6.07) is 0. The van der Waals surface area contributed by atoms with Crippen LogP contribution in [0.1, 0.15) is 33.6 Å². The van der Waals surface area contributed by atoms with Crippen molar-refractivity contribution in [2.24, 2.45) is 11.3 Å². The Bertz CT molecular complexity index is 105. The molecule has 0 N–H and O–H groups in total. The minimum atomic E-state index is 0.667. The maximum Gasteiger partial charge on any atom is 0.0210 e. The van der Waals surface area contributed by atoms with Crippen LogP contribution >= 0.6 is 15.9 Å². The van der Waals surface area contributed by atoms with Gasteiger partial charge in [0.25, 0.3) is 0 Å². The van der Waals surface area contributed by atoms with Crippen LogP contribution in [-0.4, -0.2) is 4.83 Å². The van der Waals surface area contributed by atoms with Gasteiger partial charge in [-0.15, -0.1) is 0 Å². The summed E-state index contributed by atoms with van der Waals surface area (Å²) in [5.41, 5.74) is 0.667. The molecule has 0 spiro atoms. The van der Waals surface area contributed by atoms with Gasteiger partial charge in [0.1, 0.15) is 0 Å². The van der Waals surface area contributed by atoms with E-state index in [4.69, 9.17) is 0 Å². The van der Waals surface area contributed by atoms with Gasteiger partial charge in [0.05, 0.1) is 0 Å². The lowest BCUT2D eigenvalue weighted by Crippen LogP contribution is -2.10. The zero-order valence-electron chi connectivity index (χ0n) is 6.45. The molecule has 1 saturated carbocycles. The molecule has 2 atom stereocenters. The summed E-state index contributed by atoms with van der Waals surface area (Å²) >= 11 is 3.67. The average Bonchev–Trinajstić information content (AvgIpc) is 2.43. The SMILES string of the molecule is CCC1(C(C)C)CC1Br. The zero-order chi connectivity index (χ0) is 7.07. The minimum absolute atomic E-state index is 0.667.